The maximum absolute atomic E-state index is 13.0. The van der Waals surface area contributed by atoms with Crippen molar-refractivity contribution in [3.05, 3.63) is 94.5 Å². The van der Waals surface area contributed by atoms with Crippen LogP contribution >= 0.6 is 11.6 Å². The van der Waals surface area contributed by atoms with Crippen LogP contribution in [-0.2, 0) is 35.1 Å². The molecule has 3 aromatic carbocycles. The standard InChI is InChI=1S/C20H23NO3.C14H16ClNO3/c1-14-9-8-10-15(2)19(14)21(16(3)20(23)24-4)18(22)13-17-11-6-5-7-12-17;1-9-4-3-5-10(2)13(9)16(12(17)8-15)11-6-7-19-14(11)18/h5-12,16H,13H2,1-4H3;3-5,11H,6-8H2,1-2H3. The summed E-state index contributed by atoms with van der Waals surface area (Å²) in [5.41, 5.74) is 6.24. The van der Waals surface area contributed by atoms with E-state index in [2.05, 4.69) is 0 Å². The molecule has 2 unspecified atom stereocenters. The maximum atomic E-state index is 13.0. The molecule has 0 spiro atoms. The highest BCUT2D eigenvalue weighted by molar-refractivity contribution is 6.30. The Morgan fingerprint density at radius 2 is 1.40 bits per heavy atom. The first-order valence-corrected chi connectivity index (χ1v) is 14.7. The number of cyclic esters (lactones) is 1. The highest BCUT2D eigenvalue weighted by atomic mass is 35.5. The second kappa shape index (κ2) is 15.3. The number of halogens is 1. The van der Waals surface area contributed by atoms with Gasteiger partial charge in [0.05, 0.1) is 31.5 Å². The van der Waals surface area contributed by atoms with Crippen molar-refractivity contribution in [1.82, 2.24) is 0 Å². The van der Waals surface area contributed by atoms with Crippen LogP contribution in [0.4, 0.5) is 11.4 Å². The summed E-state index contributed by atoms with van der Waals surface area (Å²) in [6, 6.07) is 19.8. The highest BCUT2D eigenvalue weighted by Crippen LogP contribution is 2.30. The third-order valence-corrected chi connectivity index (χ3v) is 7.59. The number of carbonyl (C=O) groups excluding carboxylic acids is 4. The van der Waals surface area contributed by atoms with Crippen LogP contribution in [0.1, 0.15) is 41.2 Å². The molecule has 0 bridgehead atoms. The molecule has 4 rings (SSSR count). The van der Waals surface area contributed by atoms with Gasteiger partial charge in [-0.3, -0.25) is 19.4 Å². The zero-order valence-electron chi connectivity index (χ0n) is 25.6. The number of alkyl halides is 1. The first kappa shape index (κ1) is 33.3. The van der Waals surface area contributed by atoms with E-state index >= 15 is 0 Å². The lowest BCUT2D eigenvalue weighted by Crippen LogP contribution is -2.45. The number of hydrogen-bond acceptors (Lipinski definition) is 6. The minimum absolute atomic E-state index is 0.128. The van der Waals surface area contributed by atoms with Gasteiger partial charge in [0.2, 0.25) is 11.8 Å². The number of nitrogens with zero attached hydrogens (tertiary/aromatic N) is 2. The van der Waals surface area contributed by atoms with Crippen molar-refractivity contribution in [2.75, 3.05) is 29.4 Å². The molecule has 1 fully saturated rings. The van der Waals surface area contributed by atoms with Crippen molar-refractivity contribution in [3.63, 3.8) is 0 Å². The molecule has 228 valence electrons. The smallest absolute Gasteiger partial charge is 0.329 e. The fraction of sp³-hybridized carbons (Fsp3) is 0.353. The molecule has 9 heteroatoms. The van der Waals surface area contributed by atoms with E-state index in [4.69, 9.17) is 21.1 Å². The van der Waals surface area contributed by atoms with Crippen molar-refractivity contribution < 1.29 is 28.7 Å². The van der Waals surface area contributed by atoms with Gasteiger partial charge in [-0.2, -0.15) is 0 Å². The van der Waals surface area contributed by atoms with Gasteiger partial charge >= 0.3 is 11.9 Å². The normalized spacial score (nSPS) is 14.6. The van der Waals surface area contributed by atoms with Crippen LogP contribution in [0, 0.1) is 27.7 Å². The number of benzene rings is 3. The fourth-order valence-corrected chi connectivity index (χ4v) is 5.40. The summed E-state index contributed by atoms with van der Waals surface area (Å²) in [6.07, 6.45) is 0.741. The Bertz CT molecular complexity index is 1420. The van der Waals surface area contributed by atoms with Crippen LogP contribution in [-0.4, -0.2) is 55.4 Å². The zero-order chi connectivity index (χ0) is 31.7. The van der Waals surface area contributed by atoms with Gasteiger partial charge in [0.1, 0.15) is 18.0 Å². The van der Waals surface area contributed by atoms with E-state index < -0.39 is 18.1 Å². The minimum atomic E-state index is -0.689. The third kappa shape index (κ3) is 8.02. The molecule has 0 aromatic heterocycles. The number of rotatable bonds is 8. The molecule has 8 nitrogen and oxygen atoms in total. The van der Waals surface area contributed by atoms with Gasteiger partial charge in [0, 0.05) is 6.42 Å². The molecule has 1 heterocycles. The van der Waals surface area contributed by atoms with E-state index in [0.717, 1.165) is 39.2 Å². The first-order chi connectivity index (χ1) is 20.5. The number of aryl methyl sites for hydroxylation is 4. The Kier molecular flexibility index (Phi) is 11.9. The van der Waals surface area contributed by atoms with Crippen molar-refractivity contribution >= 4 is 46.7 Å². The lowest BCUT2D eigenvalue weighted by Gasteiger charge is -2.30. The van der Waals surface area contributed by atoms with Gasteiger partial charge in [-0.1, -0.05) is 66.7 Å². The maximum Gasteiger partial charge on any atom is 0.329 e. The molecule has 1 aliphatic rings. The molecule has 3 aromatic rings. The topological polar surface area (TPSA) is 93.2 Å². The number of carbonyl (C=O) groups is 4. The number of ether oxygens (including phenoxy) is 2. The highest BCUT2D eigenvalue weighted by Gasteiger charge is 2.37. The molecule has 0 N–H and O–H groups in total. The lowest BCUT2D eigenvalue weighted by atomic mass is 10.0. The summed E-state index contributed by atoms with van der Waals surface area (Å²) in [6.45, 7) is 9.75. The summed E-state index contributed by atoms with van der Waals surface area (Å²) in [4.78, 5) is 52.0. The molecule has 1 saturated heterocycles. The van der Waals surface area contributed by atoms with E-state index in [9.17, 15) is 19.2 Å². The molecule has 1 aliphatic heterocycles. The molecule has 2 atom stereocenters. The summed E-state index contributed by atoms with van der Waals surface area (Å²) in [5.74, 6) is -1.35. The molecule has 0 saturated carbocycles. The Balaban J connectivity index is 0.000000242. The van der Waals surface area contributed by atoms with E-state index in [1.54, 1.807) is 11.8 Å². The number of para-hydroxylation sites is 2. The largest absolute Gasteiger partial charge is 0.467 e. The van der Waals surface area contributed by atoms with Gasteiger partial charge in [0.25, 0.3) is 0 Å². The Labute approximate surface area is 258 Å². The summed E-state index contributed by atoms with van der Waals surface area (Å²) in [5, 5.41) is 0. The SMILES string of the molecule is COC(=O)C(C)N(C(=O)Cc1ccccc1)c1c(C)cccc1C.Cc1cccc(C)c1N(C(=O)CCl)C1CCOC1=O. The van der Waals surface area contributed by atoms with E-state index in [0.29, 0.717) is 13.0 Å². The Morgan fingerprint density at radius 3 is 1.86 bits per heavy atom. The van der Waals surface area contributed by atoms with Crippen LogP contribution in [0.15, 0.2) is 66.7 Å². The second-order valence-electron chi connectivity index (χ2n) is 10.5. The minimum Gasteiger partial charge on any atom is -0.467 e. The zero-order valence-corrected chi connectivity index (χ0v) is 26.3. The average Bonchev–Trinajstić information content (AvgIpc) is 3.41. The van der Waals surface area contributed by atoms with Gasteiger partial charge in [-0.25, -0.2) is 9.59 Å². The molecule has 0 radical (unpaired) electrons. The lowest BCUT2D eigenvalue weighted by molar-refractivity contribution is -0.143. The van der Waals surface area contributed by atoms with Gasteiger partial charge in [-0.05, 0) is 62.4 Å². The van der Waals surface area contributed by atoms with Crippen LogP contribution in [0.3, 0.4) is 0 Å². The summed E-state index contributed by atoms with van der Waals surface area (Å²) < 4.78 is 9.83. The van der Waals surface area contributed by atoms with E-state index in [1.165, 1.54) is 12.0 Å². The van der Waals surface area contributed by atoms with Crippen LogP contribution < -0.4 is 9.80 Å². The number of esters is 2. The molecular formula is C34H39ClN2O6. The van der Waals surface area contributed by atoms with Crippen molar-refractivity contribution in [2.45, 2.75) is 59.5 Å². The van der Waals surface area contributed by atoms with Crippen LogP contribution in [0.5, 0.6) is 0 Å². The fourth-order valence-electron chi connectivity index (χ4n) is 5.28. The number of hydrogen-bond donors (Lipinski definition) is 0. The van der Waals surface area contributed by atoms with E-state index in [1.807, 2.05) is 94.4 Å². The number of methoxy groups -OCH3 is 1. The number of anilines is 2. The molecule has 43 heavy (non-hydrogen) atoms. The van der Waals surface area contributed by atoms with Gasteiger partial charge in [-0.15, -0.1) is 11.6 Å². The summed E-state index contributed by atoms with van der Waals surface area (Å²) >= 11 is 5.68. The quantitative estimate of drug-likeness (QED) is 0.244. The molecule has 2 amide bonds. The van der Waals surface area contributed by atoms with Crippen molar-refractivity contribution in [1.29, 1.82) is 0 Å². The molecule has 0 aliphatic carbocycles. The Hall–Kier alpha value is -4.17. The van der Waals surface area contributed by atoms with Gasteiger partial charge in [0.15, 0.2) is 0 Å². The predicted molar refractivity (Wildman–Crippen MR) is 169 cm³/mol. The second-order valence-corrected chi connectivity index (χ2v) is 10.7. The Morgan fingerprint density at radius 1 is 0.860 bits per heavy atom. The third-order valence-electron chi connectivity index (χ3n) is 7.36. The van der Waals surface area contributed by atoms with Crippen LogP contribution in [0.2, 0.25) is 0 Å². The first-order valence-electron chi connectivity index (χ1n) is 14.1. The van der Waals surface area contributed by atoms with Crippen molar-refractivity contribution in [2.24, 2.45) is 0 Å². The molecular weight excluding hydrogens is 568 g/mol. The monoisotopic (exact) mass is 606 g/mol. The van der Waals surface area contributed by atoms with Crippen molar-refractivity contribution in [3.8, 4) is 0 Å². The summed E-state index contributed by atoms with van der Waals surface area (Å²) in [7, 11) is 1.34. The number of amides is 2. The van der Waals surface area contributed by atoms with Crippen LogP contribution in [0.25, 0.3) is 0 Å². The van der Waals surface area contributed by atoms with E-state index in [-0.39, 0.29) is 30.1 Å². The van der Waals surface area contributed by atoms with Gasteiger partial charge < -0.3 is 9.47 Å². The predicted octanol–water partition coefficient (Wildman–Crippen LogP) is 5.63. The average molecular weight is 607 g/mol.